The molecule has 0 aromatic carbocycles. The molecule has 0 spiro atoms. The van der Waals surface area contributed by atoms with Crippen molar-refractivity contribution in [2.24, 2.45) is 0 Å². The summed E-state index contributed by atoms with van der Waals surface area (Å²) in [6.07, 6.45) is -2.66. The van der Waals surface area contributed by atoms with Crippen LogP contribution in [0.4, 0.5) is 35.3 Å². The Bertz CT molecular complexity index is 1240. The molecule has 3 aliphatic rings. The number of pyridine rings is 2. The summed E-state index contributed by atoms with van der Waals surface area (Å²) < 4.78 is 55.7. The third-order valence-corrected chi connectivity index (χ3v) is 6.72. The number of hydrogen-bond donors (Lipinski definition) is 2. The monoisotopic (exact) mass is 550 g/mol. The second-order valence-electron chi connectivity index (χ2n) is 10.1. The molecule has 2 aromatic rings. The maximum absolute atomic E-state index is 13.4. The number of alkyl halides is 3. The first kappa shape index (κ1) is 26.9. The fourth-order valence-electron chi connectivity index (χ4n) is 4.69. The van der Waals surface area contributed by atoms with Crippen LogP contribution in [0.3, 0.4) is 0 Å². The summed E-state index contributed by atoms with van der Waals surface area (Å²) in [7, 11) is 0. The molecule has 3 aliphatic heterocycles. The number of hydrogen-bond acceptors (Lipinski definition) is 8. The summed E-state index contributed by atoms with van der Waals surface area (Å²) in [6.45, 7) is 6.46. The molecule has 1 unspecified atom stereocenters. The molecule has 11 nitrogen and oxygen atoms in total. The van der Waals surface area contributed by atoms with Gasteiger partial charge < -0.3 is 24.4 Å². The standard InChI is InChI=1S/C25H29F3N6O5/c1-14(25(26,27)28)30-22(35)18-5-6-19-21(31-18)34(15-8-9-33(19)11-15)23(36)32-20-7-4-16(10-29-20)37-12-17-13-38-24(2,3)39-17/h4-7,10,14-15,17H,8-9,11-13H2,1-3H3,(H,30,35)(H,29,32,36)/t14-,15?,17+/m1/s1. The molecule has 3 atom stereocenters. The van der Waals surface area contributed by atoms with Crippen LogP contribution in [0.5, 0.6) is 5.75 Å². The van der Waals surface area contributed by atoms with E-state index in [2.05, 4.69) is 15.3 Å². The lowest BCUT2D eigenvalue weighted by molar-refractivity contribution is -0.149. The van der Waals surface area contributed by atoms with Gasteiger partial charge in [0.15, 0.2) is 11.6 Å². The van der Waals surface area contributed by atoms with Crippen molar-refractivity contribution in [2.75, 3.05) is 41.4 Å². The predicted octanol–water partition coefficient (Wildman–Crippen LogP) is 3.32. The zero-order valence-corrected chi connectivity index (χ0v) is 21.6. The number of nitrogens with one attached hydrogen (secondary N) is 2. The average Bonchev–Trinajstić information content (AvgIpc) is 3.45. The van der Waals surface area contributed by atoms with E-state index in [0.29, 0.717) is 37.6 Å². The molecule has 2 saturated heterocycles. The van der Waals surface area contributed by atoms with Crippen LogP contribution in [0, 0.1) is 0 Å². The summed E-state index contributed by atoms with van der Waals surface area (Å²) >= 11 is 0. The molecule has 2 aromatic heterocycles. The molecule has 2 N–H and O–H groups in total. The van der Waals surface area contributed by atoms with Crippen molar-refractivity contribution in [1.29, 1.82) is 0 Å². The SMILES string of the molecule is C[C@@H](NC(=O)c1ccc2c(n1)N(C(=O)Nc1ccc(OC[C@H]3COC(C)(C)O3)cn1)C1CCN2C1)C(F)(F)F. The fraction of sp³-hybridized carbons (Fsp3) is 0.520. The van der Waals surface area contributed by atoms with E-state index in [1.165, 1.54) is 17.2 Å². The van der Waals surface area contributed by atoms with Crippen LogP contribution >= 0.6 is 0 Å². The van der Waals surface area contributed by atoms with Gasteiger partial charge in [-0.15, -0.1) is 0 Å². The number of urea groups is 1. The van der Waals surface area contributed by atoms with E-state index in [0.717, 1.165) is 6.92 Å². The summed E-state index contributed by atoms with van der Waals surface area (Å²) in [6, 6.07) is 3.41. The highest BCUT2D eigenvalue weighted by Gasteiger charge is 2.41. The normalized spacial score (nSPS) is 22.3. The average molecular weight is 551 g/mol. The summed E-state index contributed by atoms with van der Waals surface area (Å²) in [4.78, 5) is 37.9. The van der Waals surface area contributed by atoms with E-state index in [4.69, 9.17) is 14.2 Å². The van der Waals surface area contributed by atoms with Crippen molar-refractivity contribution < 1.29 is 37.0 Å². The molecule has 210 valence electrons. The van der Waals surface area contributed by atoms with Crippen LogP contribution in [0.25, 0.3) is 0 Å². The second kappa shape index (κ2) is 10.2. The van der Waals surface area contributed by atoms with E-state index >= 15 is 0 Å². The van der Waals surface area contributed by atoms with Gasteiger partial charge in [0.2, 0.25) is 0 Å². The molecular formula is C25H29F3N6O5. The number of ether oxygens (including phenoxy) is 3. The number of anilines is 3. The summed E-state index contributed by atoms with van der Waals surface area (Å²) in [5, 5.41) is 4.65. The third kappa shape index (κ3) is 5.86. The van der Waals surface area contributed by atoms with Crippen LogP contribution in [0.2, 0.25) is 0 Å². The van der Waals surface area contributed by atoms with Gasteiger partial charge >= 0.3 is 12.2 Å². The van der Waals surface area contributed by atoms with E-state index < -0.39 is 29.9 Å². The van der Waals surface area contributed by atoms with Gasteiger partial charge in [-0.25, -0.2) is 14.8 Å². The zero-order chi connectivity index (χ0) is 27.9. The topological polar surface area (TPSA) is 118 Å². The van der Waals surface area contributed by atoms with Gasteiger partial charge in [0.1, 0.15) is 36.0 Å². The van der Waals surface area contributed by atoms with Crippen molar-refractivity contribution in [3.8, 4) is 5.75 Å². The van der Waals surface area contributed by atoms with Crippen molar-refractivity contribution in [1.82, 2.24) is 15.3 Å². The quantitative estimate of drug-likeness (QED) is 0.563. The Labute approximate surface area is 222 Å². The number of aromatic nitrogens is 2. The first-order valence-corrected chi connectivity index (χ1v) is 12.5. The Balaban J connectivity index is 1.27. The highest BCUT2D eigenvalue weighted by Crippen LogP contribution is 2.39. The molecule has 0 aliphatic carbocycles. The van der Waals surface area contributed by atoms with Crippen molar-refractivity contribution in [2.45, 2.75) is 57.3 Å². The van der Waals surface area contributed by atoms with E-state index in [9.17, 15) is 22.8 Å². The Kier molecular flexibility index (Phi) is 7.01. The smallest absolute Gasteiger partial charge is 0.408 e. The van der Waals surface area contributed by atoms with Crippen LogP contribution in [-0.2, 0) is 9.47 Å². The molecule has 3 amide bonds. The predicted molar refractivity (Wildman–Crippen MR) is 134 cm³/mol. The number of rotatable bonds is 6. The molecule has 5 rings (SSSR count). The molecule has 14 heteroatoms. The van der Waals surface area contributed by atoms with Crippen molar-refractivity contribution >= 4 is 29.3 Å². The minimum Gasteiger partial charge on any atom is -0.489 e. The number of amides is 3. The first-order valence-electron chi connectivity index (χ1n) is 12.5. The van der Waals surface area contributed by atoms with Gasteiger partial charge in [0, 0.05) is 13.1 Å². The number of nitrogens with zero attached hydrogens (tertiary/aromatic N) is 4. The molecule has 0 radical (unpaired) electrons. The van der Waals surface area contributed by atoms with Gasteiger partial charge in [-0.1, -0.05) is 0 Å². The Morgan fingerprint density at radius 1 is 1.26 bits per heavy atom. The number of carbonyl (C=O) groups is 2. The number of halogens is 3. The Morgan fingerprint density at radius 2 is 2.05 bits per heavy atom. The molecular weight excluding hydrogens is 521 g/mol. The maximum Gasteiger partial charge on any atom is 0.408 e. The number of carbonyl (C=O) groups excluding carboxylic acids is 2. The second-order valence-corrected chi connectivity index (χ2v) is 10.1. The number of fused-ring (bicyclic) bond motifs is 4. The van der Waals surface area contributed by atoms with Gasteiger partial charge in [-0.2, -0.15) is 13.2 Å². The van der Waals surface area contributed by atoms with Crippen LogP contribution in [0.15, 0.2) is 30.5 Å². The van der Waals surface area contributed by atoms with Gasteiger partial charge in [0.25, 0.3) is 5.91 Å². The maximum atomic E-state index is 13.4. The summed E-state index contributed by atoms with van der Waals surface area (Å²) in [5.41, 5.74) is 0.405. The molecule has 39 heavy (non-hydrogen) atoms. The minimum absolute atomic E-state index is 0.204. The Morgan fingerprint density at radius 3 is 2.72 bits per heavy atom. The highest BCUT2D eigenvalue weighted by atomic mass is 19.4. The largest absolute Gasteiger partial charge is 0.489 e. The molecule has 2 bridgehead atoms. The molecule has 2 fully saturated rings. The molecule has 0 saturated carbocycles. The third-order valence-electron chi connectivity index (χ3n) is 6.72. The lowest BCUT2D eigenvalue weighted by atomic mass is 10.1. The Hall–Kier alpha value is -3.65. The van der Waals surface area contributed by atoms with Gasteiger partial charge in [-0.3, -0.25) is 15.0 Å². The summed E-state index contributed by atoms with van der Waals surface area (Å²) in [5.74, 6) is -0.670. The van der Waals surface area contributed by atoms with Gasteiger partial charge in [0.05, 0.1) is 24.5 Å². The van der Waals surface area contributed by atoms with Gasteiger partial charge in [-0.05, 0) is 51.5 Å². The van der Waals surface area contributed by atoms with E-state index in [1.807, 2.05) is 24.1 Å². The van der Waals surface area contributed by atoms with Crippen LogP contribution < -0.4 is 25.2 Å². The van der Waals surface area contributed by atoms with Crippen molar-refractivity contribution in [3.63, 3.8) is 0 Å². The van der Waals surface area contributed by atoms with E-state index in [1.54, 1.807) is 18.2 Å². The first-order chi connectivity index (χ1) is 18.4. The molecule has 5 heterocycles. The highest BCUT2D eigenvalue weighted by molar-refractivity contribution is 6.05. The van der Waals surface area contributed by atoms with Crippen LogP contribution in [-0.4, -0.2) is 78.4 Å². The van der Waals surface area contributed by atoms with E-state index in [-0.39, 0.29) is 36.1 Å². The lowest BCUT2D eigenvalue weighted by Gasteiger charge is -2.35. The zero-order valence-electron chi connectivity index (χ0n) is 21.6. The minimum atomic E-state index is -4.59. The fourth-order valence-corrected chi connectivity index (χ4v) is 4.69. The van der Waals surface area contributed by atoms with Crippen LogP contribution in [0.1, 0.15) is 37.7 Å². The van der Waals surface area contributed by atoms with Crippen molar-refractivity contribution in [3.05, 3.63) is 36.2 Å². The lowest BCUT2D eigenvalue weighted by Crippen LogP contribution is -2.49.